The van der Waals surface area contributed by atoms with Gasteiger partial charge in [-0.15, -0.1) is 0 Å². The zero-order valence-electron chi connectivity index (χ0n) is 10.3. The summed E-state index contributed by atoms with van der Waals surface area (Å²) in [5.41, 5.74) is 2.26. The van der Waals surface area contributed by atoms with Gasteiger partial charge in [0.25, 0.3) is 0 Å². The lowest BCUT2D eigenvalue weighted by Gasteiger charge is -1.95. The number of H-pyrrole nitrogens is 1. The average molecular weight is 350 g/mol. The normalized spacial score (nSPS) is 11.5. The first-order chi connectivity index (χ1) is 9.63. The van der Waals surface area contributed by atoms with Crippen LogP contribution in [0.5, 0.6) is 5.88 Å². The number of aromatic amines is 1. The number of benzene rings is 2. The molecule has 0 aliphatic heterocycles. The molecule has 1 heterocycles. The van der Waals surface area contributed by atoms with Crippen LogP contribution in [0.25, 0.3) is 10.9 Å². The van der Waals surface area contributed by atoms with Gasteiger partial charge in [0.15, 0.2) is 5.88 Å². The van der Waals surface area contributed by atoms with E-state index >= 15 is 0 Å². The van der Waals surface area contributed by atoms with Crippen molar-refractivity contribution in [1.82, 2.24) is 4.98 Å². The molecule has 3 aromatic rings. The van der Waals surface area contributed by atoms with E-state index in [0.717, 1.165) is 21.1 Å². The van der Waals surface area contributed by atoms with Crippen LogP contribution in [0, 0.1) is 0 Å². The highest BCUT2D eigenvalue weighted by Crippen LogP contribution is 2.28. The highest BCUT2D eigenvalue weighted by Gasteiger charge is 2.09. The van der Waals surface area contributed by atoms with Gasteiger partial charge in [-0.25, -0.2) is 0 Å². The number of nitrogens with one attached hydrogen (secondary N) is 1. The molecule has 0 radical (unpaired) electrons. The summed E-state index contributed by atoms with van der Waals surface area (Å²) in [4.78, 5) is 7.26. The second-order valence-electron chi connectivity index (χ2n) is 4.31. The fourth-order valence-corrected chi connectivity index (χ4v) is 2.40. The van der Waals surface area contributed by atoms with Crippen LogP contribution in [0.15, 0.2) is 51.9 Å². The number of aliphatic imine (C=N–C) groups is 1. The van der Waals surface area contributed by atoms with Crippen molar-refractivity contribution in [3.05, 3.63) is 57.5 Å². The van der Waals surface area contributed by atoms with Crippen molar-refractivity contribution in [3.8, 4) is 5.88 Å². The summed E-state index contributed by atoms with van der Waals surface area (Å²) in [5, 5.41) is 11.4. The maximum atomic E-state index is 9.95. The summed E-state index contributed by atoms with van der Waals surface area (Å²) in [7, 11) is 0. The number of rotatable bonds is 2. The van der Waals surface area contributed by atoms with Crippen molar-refractivity contribution < 1.29 is 5.11 Å². The van der Waals surface area contributed by atoms with Gasteiger partial charge in [0, 0.05) is 26.6 Å². The molecule has 2 N–H and O–H groups in total. The van der Waals surface area contributed by atoms with E-state index in [1.807, 2.05) is 30.3 Å². The van der Waals surface area contributed by atoms with Crippen molar-refractivity contribution in [2.24, 2.45) is 4.99 Å². The predicted molar refractivity (Wildman–Crippen MR) is 86.4 cm³/mol. The van der Waals surface area contributed by atoms with E-state index in [-0.39, 0.29) is 5.88 Å². The Hall–Kier alpha value is -1.78. The average Bonchev–Trinajstić information content (AvgIpc) is 2.73. The number of nitrogens with zero attached hydrogens (tertiary/aromatic N) is 1. The molecule has 20 heavy (non-hydrogen) atoms. The maximum Gasteiger partial charge on any atom is 0.198 e. The van der Waals surface area contributed by atoms with E-state index in [1.54, 1.807) is 18.3 Å². The van der Waals surface area contributed by atoms with Crippen molar-refractivity contribution in [1.29, 1.82) is 0 Å². The van der Waals surface area contributed by atoms with E-state index < -0.39 is 0 Å². The molecule has 0 amide bonds. The van der Waals surface area contributed by atoms with Gasteiger partial charge in [-0.05, 0) is 42.5 Å². The molecule has 5 heteroatoms. The van der Waals surface area contributed by atoms with Gasteiger partial charge in [-0.3, -0.25) is 4.99 Å². The molecule has 0 aliphatic rings. The molecule has 0 unspecified atom stereocenters. The minimum absolute atomic E-state index is 0.0862. The Morgan fingerprint density at radius 3 is 2.65 bits per heavy atom. The first-order valence-electron chi connectivity index (χ1n) is 5.93. The highest BCUT2D eigenvalue weighted by atomic mass is 79.9. The van der Waals surface area contributed by atoms with Crippen molar-refractivity contribution in [3.63, 3.8) is 0 Å². The van der Waals surface area contributed by atoms with Crippen LogP contribution in [-0.2, 0) is 0 Å². The van der Waals surface area contributed by atoms with Gasteiger partial charge >= 0.3 is 0 Å². The van der Waals surface area contributed by atoms with Crippen LogP contribution < -0.4 is 0 Å². The first-order valence-corrected chi connectivity index (χ1v) is 7.10. The zero-order valence-corrected chi connectivity index (χ0v) is 12.6. The lowest BCUT2D eigenvalue weighted by Crippen LogP contribution is -1.79. The minimum Gasteiger partial charge on any atom is -0.494 e. The van der Waals surface area contributed by atoms with Crippen molar-refractivity contribution in [2.45, 2.75) is 0 Å². The lowest BCUT2D eigenvalue weighted by atomic mass is 10.2. The second-order valence-corrected chi connectivity index (χ2v) is 5.66. The number of fused-ring (bicyclic) bond motifs is 1. The lowest BCUT2D eigenvalue weighted by molar-refractivity contribution is 0.457. The predicted octanol–water partition coefficient (Wildman–Crippen LogP) is 5.04. The quantitative estimate of drug-likeness (QED) is 0.626. The SMILES string of the molecule is Oc1[nH]c2ccc(Cl)cc2c1C=Nc1ccc(Br)cc1. The van der Waals surface area contributed by atoms with Crippen LogP contribution in [0.2, 0.25) is 5.02 Å². The van der Waals surface area contributed by atoms with Gasteiger partial charge < -0.3 is 10.1 Å². The van der Waals surface area contributed by atoms with Crippen molar-refractivity contribution >= 4 is 50.3 Å². The highest BCUT2D eigenvalue weighted by molar-refractivity contribution is 9.10. The zero-order chi connectivity index (χ0) is 14.1. The smallest absolute Gasteiger partial charge is 0.198 e. The van der Waals surface area contributed by atoms with Crippen LogP contribution >= 0.6 is 27.5 Å². The summed E-state index contributed by atoms with van der Waals surface area (Å²) in [5.74, 6) is 0.0862. The standard InChI is InChI=1S/C15H10BrClN2O/c16-9-1-4-11(5-2-9)18-8-13-12-7-10(17)3-6-14(12)19-15(13)20/h1-8,19-20H. The van der Waals surface area contributed by atoms with Crippen LogP contribution in [0.4, 0.5) is 5.69 Å². The molecule has 0 saturated heterocycles. The van der Waals surface area contributed by atoms with Gasteiger partial charge in [0.2, 0.25) is 0 Å². The molecule has 1 aromatic heterocycles. The Kier molecular flexibility index (Phi) is 3.51. The molecular weight excluding hydrogens is 340 g/mol. The van der Waals surface area contributed by atoms with Gasteiger partial charge in [0.1, 0.15) is 0 Å². The van der Waals surface area contributed by atoms with Crippen LogP contribution in [-0.4, -0.2) is 16.3 Å². The van der Waals surface area contributed by atoms with Gasteiger partial charge in [0.05, 0.1) is 11.3 Å². The molecule has 0 aliphatic carbocycles. The third-order valence-electron chi connectivity index (χ3n) is 2.95. The topological polar surface area (TPSA) is 48.4 Å². The molecule has 0 atom stereocenters. The van der Waals surface area contributed by atoms with Crippen LogP contribution in [0.3, 0.4) is 0 Å². The fraction of sp³-hybridized carbons (Fsp3) is 0. The molecule has 3 nitrogen and oxygen atoms in total. The van der Waals surface area contributed by atoms with E-state index in [9.17, 15) is 5.11 Å². The summed E-state index contributed by atoms with van der Waals surface area (Å²) >= 11 is 9.37. The molecule has 0 spiro atoms. The first kappa shape index (κ1) is 13.2. The molecule has 0 fully saturated rings. The molecular formula is C15H10BrClN2O. The van der Waals surface area contributed by atoms with E-state index in [2.05, 4.69) is 25.9 Å². The minimum atomic E-state index is 0.0862. The van der Waals surface area contributed by atoms with Crippen molar-refractivity contribution in [2.75, 3.05) is 0 Å². The monoisotopic (exact) mass is 348 g/mol. The number of hydrogen-bond acceptors (Lipinski definition) is 2. The van der Waals surface area contributed by atoms with Gasteiger partial charge in [-0.1, -0.05) is 27.5 Å². The van der Waals surface area contributed by atoms with Gasteiger partial charge in [-0.2, -0.15) is 0 Å². The molecule has 2 aromatic carbocycles. The Morgan fingerprint density at radius 1 is 1.15 bits per heavy atom. The molecule has 3 rings (SSSR count). The number of halogens is 2. The number of hydrogen-bond donors (Lipinski definition) is 2. The summed E-state index contributed by atoms with van der Waals surface area (Å²) in [6, 6.07) is 13.0. The van der Waals surface area contributed by atoms with E-state index in [1.165, 1.54) is 0 Å². The fourth-order valence-electron chi connectivity index (χ4n) is 1.97. The maximum absolute atomic E-state index is 9.95. The molecule has 0 bridgehead atoms. The molecule has 100 valence electrons. The Morgan fingerprint density at radius 2 is 1.90 bits per heavy atom. The Bertz CT molecular complexity index is 793. The number of aromatic hydroxyl groups is 1. The Balaban J connectivity index is 2.03. The summed E-state index contributed by atoms with van der Waals surface area (Å²) in [6.45, 7) is 0. The second kappa shape index (κ2) is 5.31. The van der Waals surface area contributed by atoms with E-state index in [4.69, 9.17) is 11.6 Å². The van der Waals surface area contributed by atoms with Crippen LogP contribution in [0.1, 0.15) is 5.56 Å². The van der Waals surface area contributed by atoms with E-state index in [0.29, 0.717) is 10.6 Å². The summed E-state index contributed by atoms with van der Waals surface area (Å²) < 4.78 is 0.998. The molecule has 0 saturated carbocycles. The third-order valence-corrected chi connectivity index (χ3v) is 3.71. The number of aromatic nitrogens is 1. The third kappa shape index (κ3) is 2.57. The Labute approximate surface area is 129 Å². The largest absolute Gasteiger partial charge is 0.494 e. The summed E-state index contributed by atoms with van der Waals surface area (Å²) in [6.07, 6.45) is 1.63.